The van der Waals surface area contributed by atoms with E-state index in [4.69, 9.17) is 4.52 Å². The average Bonchev–Trinajstić information content (AvgIpc) is 3.26. The summed E-state index contributed by atoms with van der Waals surface area (Å²) >= 11 is 0. The van der Waals surface area contributed by atoms with Crippen molar-refractivity contribution < 1.29 is 4.52 Å². The highest BCUT2D eigenvalue weighted by molar-refractivity contribution is 5.09. The monoisotopic (exact) mass is 286 g/mol. The van der Waals surface area contributed by atoms with Crippen molar-refractivity contribution in [3.05, 3.63) is 41.8 Å². The smallest absolute Gasteiger partial charge is 0.228 e. The van der Waals surface area contributed by atoms with Crippen LogP contribution in [-0.4, -0.2) is 27.7 Å². The molecule has 1 unspecified atom stereocenters. The number of nitrogens with one attached hydrogen (secondary N) is 1. The van der Waals surface area contributed by atoms with Crippen LogP contribution in [0.3, 0.4) is 0 Å². The quantitative estimate of drug-likeness (QED) is 0.807. The van der Waals surface area contributed by atoms with Gasteiger partial charge in [0, 0.05) is 24.4 Å². The second-order valence-corrected chi connectivity index (χ2v) is 5.70. The van der Waals surface area contributed by atoms with Crippen LogP contribution in [0.15, 0.2) is 28.9 Å². The van der Waals surface area contributed by atoms with Crippen LogP contribution in [0.4, 0.5) is 0 Å². The van der Waals surface area contributed by atoms with Gasteiger partial charge in [-0.1, -0.05) is 18.1 Å². The van der Waals surface area contributed by atoms with Gasteiger partial charge in [-0.05, 0) is 43.9 Å². The molecule has 1 atom stereocenters. The van der Waals surface area contributed by atoms with E-state index in [0.29, 0.717) is 18.3 Å². The average molecular weight is 286 g/mol. The SMILES string of the molecule is CCCNC(Cc1nc(Cc2ccccn2)no1)C1CC1. The molecule has 1 aliphatic carbocycles. The van der Waals surface area contributed by atoms with E-state index in [2.05, 4.69) is 27.4 Å². The number of hydrogen-bond acceptors (Lipinski definition) is 5. The van der Waals surface area contributed by atoms with Gasteiger partial charge >= 0.3 is 0 Å². The molecule has 3 rings (SSSR count). The van der Waals surface area contributed by atoms with Crippen LogP contribution in [0.1, 0.15) is 43.6 Å². The zero-order valence-corrected chi connectivity index (χ0v) is 12.5. The minimum Gasteiger partial charge on any atom is -0.339 e. The van der Waals surface area contributed by atoms with Crippen molar-refractivity contribution in [2.45, 2.75) is 45.1 Å². The molecule has 0 aromatic carbocycles. The Labute approximate surface area is 125 Å². The lowest BCUT2D eigenvalue weighted by molar-refractivity contribution is 0.343. The fourth-order valence-electron chi connectivity index (χ4n) is 2.53. The first-order chi connectivity index (χ1) is 10.3. The van der Waals surface area contributed by atoms with Crippen molar-refractivity contribution in [3.8, 4) is 0 Å². The number of pyridine rings is 1. The van der Waals surface area contributed by atoms with E-state index in [1.165, 1.54) is 12.8 Å². The molecule has 0 saturated heterocycles. The molecule has 1 saturated carbocycles. The Morgan fingerprint density at radius 1 is 1.38 bits per heavy atom. The summed E-state index contributed by atoms with van der Waals surface area (Å²) in [6.07, 6.45) is 7.03. The Kier molecular flexibility index (Phi) is 4.60. The third-order valence-corrected chi connectivity index (χ3v) is 3.82. The van der Waals surface area contributed by atoms with Crippen molar-refractivity contribution in [3.63, 3.8) is 0 Å². The molecule has 1 aliphatic rings. The van der Waals surface area contributed by atoms with Gasteiger partial charge in [0.25, 0.3) is 0 Å². The van der Waals surface area contributed by atoms with Gasteiger partial charge in [0.1, 0.15) is 0 Å². The summed E-state index contributed by atoms with van der Waals surface area (Å²) in [5.41, 5.74) is 0.965. The third kappa shape index (κ3) is 4.11. The summed E-state index contributed by atoms with van der Waals surface area (Å²) in [5.74, 6) is 2.23. The van der Waals surface area contributed by atoms with Crippen molar-refractivity contribution in [1.29, 1.82) is 0 Å². The zero-order chi connectivity index (χ0) is 14.5. The molecule has 0 aliphatic heterocycles. The Morgan fingerprint density at radius 3 is 3.00 bits per heavy atom. The number of nitrogens with zero attached hydrogens (tertiary/aromatic N) is 3. The lowest BCUT2D eigenvalue weighted by Gasteiger charge is -2.15. The van der Waals surface area contributed by atoms with E-state index >= 15 is 0 Å². The van der Waals surface area contributed by atoms with Crippen LogP contribution in [0.2, 0.25) is 0 Å². The van der Waals surface area contributed by atoms with E-state index in [1.54, 1.807) is 6.20 Å². The summed E-state index contributed by atoms with van der Waals surface area (Å²) < 4.78 is 5.40. The molecule has 5 heteroatoms. The lowest BCUT2D eigenvalue weighted by atomic mass is 10.1. The first kappa shape index (κ1) is 14.2. The topological polar surface area (TPSA) is 63.8 Å². The number of rotatable bonds is 8. The molecule has 2 heterocycles. The van der Waals surface area contributed by atoms with Crippen LogP contribution in [-0.2, 0) is 12.8 Å². The molecule has 2 aromatic rings. The maximum absolute atomic E-state index is 5.40. The maximum Gasteiger partial charge on any atom is 0.228 e. The van der Waals surface area contributed by atoms with Crippen molar-refractivity contribution in [1.82, 2.24) is 20.4 Å². The van der Waals surface area contributed by atoms with Gasteiger partial charge in [0.15, 0.2) is 5.82 Å². The molecule has 0 spiro atoms. The largest absolute Gasteiger partial charge is 0.339 e. The van der Waals surface area contributed by atoms with E-state index in [1.807, 2.05) is 18.2 Å². The first-order valence-corrected chi connectivity index (χ1v) is 7.80. The van der Waals surface area contributed by atoms with Gasteiger partial charge in [0.05, 0.1) is 6.42 Å². The summed E-state index contributed by atoms with van der Waals surface area (Å²) in [7, 11) is 0. The summed E-state index contributed by atoms with van der Waals surface area (Å²) in [6, 6.07) is 6.34. The Bertz CT molecular complexity index is 550. The number of aromatic nitrogens is 3. The van der Waals surface area contributed by atoms with Crippen LogP contribution < -0.4 is 5.32 Å². The predicted octanol–water partition coefficient (Wildman–Crippen LogP) is 2.38. The predicted molar refractivity (Wildman–Crippen MR) is 79.9 cm³/mol. The second-order valence-electron chi connectivity index (χ2n) is 5.70. The van der Waals surface area contributed by atoms with Gasteiger partial charge in [-0.15, -0.1) is 0 Å². The summed E-state index contributed by atoms with van der Waals surface area (Å²) in [6.45, 7) is 3.24. The zero-order valence-electron chi connectivity index (χ0n) is 12.5. The highest BCUT2D eigenvalue weighted by Crippen LogP contribution is 2.33. The molecule has 2 aromatic heterocycles. The standard InChI is InChI=1S/C16H22N4O/c1-2-8-18-14(12-6-7-12)11-16-19-15(20-21-16)10-13-5-3-4-9-17-13/h3-5,9,12,14,18H,2,6-8,10-11H2,1H3. The van der Waals surface area contributed by atoms with Crippen molar-refractivity contribution >= 4 is 0 Å². The Hall–Kier alpha value is -1.75. The normalized spacial score (nSPS) is 16.0. The summed E-state index contributed by atoms with van der Waals surface area (Å²) in [4.78, 5) is 8.79. The molecule has 1 N–H and O–H groups in total. The van der Waals surface area contributed by atoms with Crippen molar-refractivity contribution in [2.24, 2.45) is 5.92 Å². The molecular weight excluding hydrogens is 264 g/mol. The van der Waals surface area contributed by atoms with Crippen LogP contribution in [0.5, 0.6) is 0 Å². The molecule has 0 amide bonds. The van der Waals surface area contributed by atoms with Crippen LogP contribution >= 0.6 is 0 Å². The molecule has 0 radical (unpaired) electrons. The van der Waals surface area contributed by atoms with Gasteiger partial charge in [0.2, 0.25) is 5.89 Å². The number of hydrogen-bond donors (Lipinski definition) is 1. The third-order valence-electron chi connectivity index (χ3n) is 3.82. The van der Waals surface area contributed by atoms with Gasteiger partial charge < -0.3 is 9.84 Å². The van der Waals surface area contributed by atoms with E-state index in [-0.39, 0.29) is 0 Å². The maximum atomic E-state index is 5.40. The van der Waals surface area contributed by atoms with Crippen LogP contribution in [0, 0.1) is 5.92 Å². The van der Waals surface area contributed by atoms with Crippen LogP contribution in [0.25, 0.3) is 0 Å². The molecule has 5 nitrogen and oxygen atoms in total. The Morgan fingerprint density at radius 2 is 2.29 bits per heavy atom. The Balaban J connectivity index is 1.59. The highest BCUT2D eigenvalue weighted by Gasteiger charge is 2.32. The van der Waals surface area contributed by atoms with E-state index < -0.39 is 0 Å². The highest BCUT2D eigenvalue weighted by atomic mass is 16.5. The molecule has 112 valence electrons. The molecular formula is C16H22N4O. The van der Waals surface area contributed by atoms with E-state index in [0.717, 1.165) is 36.9 Å². The minimum absolute atomic E-state index is 0.480. The van der Waals surface area contributed by atoms with Gasteiger partial charge in [-0.3, -0.25) is 4.98 Å². The lowest BCUT2D eigenvalue weighted by Crippen LogP contribution is -2.33. The second kappa shape index (κ2) is 6.80. The molecule has 0 bridgehead atoms. The first-order valence-electron chi connectivity index (χ1n) is 7.80. The molecule has 21 heavy (non-hydrogen) atoms. The fraction of sp³-hybridized carbons (Fsp3) is 0.562. The fourth-order valence-corrected chi connectivity index (χ4v) is 2.53. The van der Waals surface area contributed by atoms with Gasteiger partial charge in [-0.25, -0.2) is 0 Å². The summed E-state index contributed by atoms with van der Waals surface area (Å²) in [5, 5.41) is 7.67. The van der Waals surface area contributed by atoms with Gasteiger partial charge in [-0.2, -0.15) is 4.98 Å². The molecule has 1 fully saturated rings. The van der Waals surface area contributed by atoms with E-state index in [9.17, 15) is 0 Å². The van der Waals surface area contributed by atoms with Crippen molar-refractivity contribution in [2.75, 3.05) is 6.54 Å². The minimum atomic E-state index is 0.480.